The molecule has 0 aliphatic carbocycles. The molecule has 102 valence electrons. The van der Waals surface area contributed by atoms with Gasteiger partial charge >= 0.3 is 0 Å². The van der Waals surface area contributed by atoms with Crippen LogP contribution in [0.25, 0.3) is 0 Å². The Morgan fingerprint density at radius 1 is 1.33 bits per heavy atom. The number of aliphatic hydroxyl groups excluding tert-OH is 1. The van der Waals surface area contributed by atoms with E-state index in [1.807, 2.05) is 45.0 Å². The zero-order valence-electron chi connectivity index (χ0n) is 11.1. The summed E-state index contributed by atoms with van der Waals surface area (Å²) >= 11 is -1.15. The van der Waals surface area contributed by atoms with Crippen molar-refractivity contribution in [2.45, 2.75) is 38.2 Å². The Labute approximate surface area is 112 Å². The second kappa shape index (κ2) is 6.54. The van der Waals surface area contributed by atoms with Gasteiger partial charge in [-0.2, -0.15) is 0 Å². The van der Waals surface area contributed by atoms with Crippen LogP contribution < -0.4 is 10.5 Å². The highest BCUT2D eigenvalue weighted by molar-refractivity contribution is 7.90. The zero-order valence-corrected chi connectivity index (χ0v) is 12.0. The van der Waals surface area contributed by atoms with Crippen molar-refractivity contribution in [2.24, 2.45) is 5.73 Å². The fourth-order valence-electron chi connectivity index (χ4n) is 1.41. The van der Waals surface area contributed by atoms with Gasteiger partial charge in [0, 0.05) is 17.9 Å². The van der Waals surface area contributed by atoms with E-state index in [-0.39, 0.29) is 17.4 Å². The van der Waals surface area contributed by atoms with E-state index < -0.39 is 11.4 Å². The van der Waals surface area contributed by atoms with E-state index in [1.165, 1.54) is 0 Å². The van der Waals surface area contributed by atoms with Crippen molar-refractivity contribution in [3.05, 3.63) is 35.4 Å². The molecule has 4 nitrogen and oxygen atoms in total. The van der Waals surface area contributed by atoms with Gasteiger partial charge in [0.15, 0.2) is 0 Å². The Morgan fingerprint density at radius 3 is 2.28 bits per heavy atom. The van der Waals surface area contributed by atoms with Crippen LogP contribution in [0.5, 0.6) is 0 Å². The largest absolute Gasteiger partial charge is 0.598 e. The first-order valence-corrected chi connectivity index (χ1v) is 7.11. The molecule has 4 N–H and O–H groups in total. The first-order chi connectivity index (χ1) is 8.38. The molecule has 0 aliphatic heterocycles. The summed E-state index contributed by atoms with van der Waals surface area (Å²) in [6, 6.07) is 7.35. The minimum Gasteiger partial charge on any atom is -0.598 e. The molecular formula is C13H22N2O2S. The lowest BCUT2D eigenvalue weighted by molar-refractivity contribution is 0.282. The molecule has 0 heterocycles. The zero-order chi connectivity index (χ0) is 13.8. The van der Waals surface area contributed by atoms with Crippen molar-refractivity contribution in [3.8, 4) is 0 Å². The smallest absolute Gasteiger partial charge is 0.136 e. The lowest BCUT2D eigenvalue weighted by Crippen LogP contribution is -2.43. The first-order valence-electron chi connectivity index (χ1n) is 5.96. The highest BCUT2D eigenvalue weighted by Gasteiger charge is 2.29. The van der Waals surface area contributed by atoms with Gasteiger partial charge < -0.3 is 15.4 Å². The minimum absolute atomic E-state index is 0.0227. The van der Waals surface area contributed by atoms with Crippen LogP contribution in [0, 0.1) is 0 Å². The van der Waals surface area contributed by atoms with E-state index in [1.54, 1.807) is 0 Å². The Balaban J connectivity index is 2.76. The second-order valence-corrected chi connectivity index (χ2v) is 7.18. The molecule has 0 saturated carbocycles. The maximum absolute atomic E-state index is 12.0. The van der Waals surface area contributed by atoms with Crippen LogP contribution in [-0.2, 0) is 18.0 Å². The van der Waals surface area contributed by atoms with Crippen molar-refractivity contribution in [2.75, 3.05) is 6.54 Å². The molecule has 0 saturated heterocycles. The molecule has 0 radical (unpaired) electrons. The van der Waals surface area contributed by atoms with E-state index >= 15 is 0 Å². The van der Waals surface area contributed by atoms with Gasteiger partial charge in [-0.3, -0.25) is 0 Å². The van der Waals surface area contributed by atoms with Crippen LogP contribution in [0.2, 0.25) is 0 Å². The lowest BCUT2D eigenvalue weighted by atomic mass is 10.1. The number of rotatable bonds is 5. The van der Waals surface area contributed by atoms with Crippen molar-refractivity contribution in [1.29, 1.82) is 0 Å². The maximum Gasteiger partial charge on any atom is 0.136 e. The number of benzene rings is 1. The average Bonchev–Trinajstić information content (AvgIpc) is 2.34. The fourth-order valence-corrected chi connectivity index (χ4v) is 2.26. The quantitative estimate of drug-likeness (QED) is 0.703. The van der Waals surface area contributed by atoms with Crippen molar-refractivity contribution in [3.63, 3.8) is 0 Å². The number of nitrogens with two attached hydrogens (primary N) is 1. The van der Waals surface area contributed by atoms with Gasteiger partial charge in [0.2, 0.25) is 0 Å². The summed E-state index contributed by atoms with van der Waals surface area (Å²) in [4.78, 5) is 0. The molecule has 0 aliphatic rings. The third-order valence-electron chi connectivity index (χ3n) is 2.61. The summed E-state index contributed by atoms with van der Waals surface area (Å²) in [5, 5.41) is 8.99. The van der Waals surface area contributed by atoms with Gasteiger partial charge in [-0.15, -0.1) is 4.72 Å². The Kier molecular flexibility index (Phi) is 5.62. The highest BCUT2D eigenvalue weighted by atomic mass is 32.2. The molecule has 2 atom stereocenters. The molecular weight excluding hydrogens is 248 g/mol. The van der Waals surface area contributed by atoms with E-state index in [9.17, 15) is 4.55 Å². The number of nitrogens with one attached hydrogen (secondary N) is 1. The van der Waals surface area contributed by atoms with E-state index in [4.69, 9.17) is 10.8 Å². The molecule has 0 aromatic heterocycles. The van der Waals surface area contributed by atoms with E-state index in [2.05, 4.69) is 4.72 Å². The molecule has 0 unspecified atom stereocenters. The van der Waals surface area contributed by atoms with Gasteiger partial charge in [-0.05, 0) is 31.9 Å². The summed E-state index contributed by atoms with van der Waals surface area (Å²) in [6.45, 7) is 6.14. The van der Waals surface area contributed by atoms with E-state index in [0.717, 1.165) is 11.1 Å². The average molecular weight is 270 g/mol. The van der Waals surface area contributed by atoms with Crippen LogP contribution in [0.15, 0.2) is 24.3 Å². The van der Waals surface area contributed by atoms with Crippen LogP contribution >= 0.6 is 0 Å². The van der Waals surface area contributed by atoms with Crippen molar-refractivity contribution < 1.29 is 9.66 Å². The van der Waals surface area contributed by atoms with Crippen molar-refractivity contribution >= 4 is 11.4 Å². The normalized spacial score (nSPS) is 15.4. The fraction of sp³-hybridized carbons (Fsp3) is 0.538. The van der Waals surface area contributed by atoms with Crippen molar-refractivity contribution in [1.82, 2.24) is 4.72 Å². The molecule has 0 amide bonds. The molecule has 5 heteroatoms. The third kappa shape index (κ3) is 4.26. The first kappa shape index (κ1) is 15.5. The van der Waals surface area contributed by atoms with Gasteiger partial charge in [0.1, 0.15) is 4.75 Å². The van der Waals surface area contributed by atoms with Crippen LogP contribution in [0.4, 0.5) is 0 Å². The number of hydrogen-bond donors (Lipinski definition) is 3. The standard InChI is InChI=1S/C13H22N2O2S/c1-13(2,3)18(17)15-12(8-14)11-6-4-10(9-16)5-7-11/h4-7,12,15-16H,8-9,14H2,1-3H3/t12-,18+/m1/s1. The molecule has 0 fully saturated rings. The highest BCUT2D eigenvalue weighted by Crippen LogP contribution is 2.19. The van der Waals surface area contributed by atoms with Gasteiger partial charge in [0.05, 0.1) is 12.6 Å². The summed E-state index contributed by atoms with van der Waals surface area (Å²) in [5.41, 5.74) is 7.55. The molecule has 1 rings (SSSR count). The van der Waals surface area contributed by atoms with Gasteiger partial charge in [-0.25, -0.2) is 0 Å². The van der Waals surface area contributed by atoms with Crippen LogP contribution in [0.1, 0.15) is 37.9 Å². The monoisotopic (exact) mass is 270 g/mol. The lowest BCUT2D eigenvalue weighted by Gasteiger charge is -2.27. The Bertz CT molecular complexity index is 362. The maximum atomic E-state index is 12.0. The predicted molar refractivity (Wildman–Crippen MR) is 75.2 cm³/mol. The molecule has 0 spiro atoms. The summed E-state index contributed by atoms with van der Waals surface area (Å²) in [5.74, 6) is 0. The van der Waals surface area contributed by atoms with E-state index in [0.29, 0.717) is 6.54 Å². The predicted octanol–water partition coefficient (Wildman–Crippen LogP) is 1.23. The Hall–Kier alpha value is -0.590. The van der Waals surface area contributed by atoms with Gasteiger partial charge in [-0.1, -0.05) is 24.3 Å². The topological polar surface area (TPSA) is 81.3 Å². The summed E-state index contributed by atoms with van der Waals surface area (Å²) in [7, 11) is 0. The Morgan fingerprint density at radius 2 is 1.89 bits per heavy atom. The molecule has 1 aromatic rings. The number of hydrogen-bond acceptors (Lipinski definition) is 4. The molecule has 0 bridgehead atoms. The molecule has 1 aromatic carbocycles. The van der Waals surface area contributed by atoms with Gasteiger partial charge in [0.25, 0.3) is 0 Å². The number of aliphatic hydroxyl groups is 1. The second-order valence-electron chi connectivity index (χ2n) is 5.19. The summed E-state index contributed by atoms with van der Waals surface area (Å²) < 4.78 is 14.8. The third-order valence-corrected chi connectivity index (χ3v) is 4.22. The summed E-state index contributed by atoms with van der Waals surface area (Å²) in [6.07, 6.45) is 0. The van der Waals surface area contributed by atoms with Crippen LogP contribution in [-0.4, -0.2) is 21.0 Å². The minimum atomic E-state index is -1.15. The van der Waals surface area contributed by atoms with Crippen LogP contribution in [0.3, 0.4) is 0 Å². The molecule has 18 heavy (non-hydrogen) atoms. The SMILES string of the molecule is CC(C)(C)[S@+]([O-])N[C@H](CN)c1ccc(CO)cc1.